The second-order valence-corrected chi connectivity index (χ2v) is 18.0. The molecule has 1 unspecified atom stereocenters. The van der Waals surface area contributed by atoms with E-state index in [1.54, 1.807) is 0 Å². The van der Waals surface area contributed by atoms with Crippen molar-refractivity contribution in [3.63, 3.8) is 0 Å². The molecule has 0 radical (unpaired) electrons. The van der Waals surface area contributed by atoms with Crippen molar-refractivity contribution in [3.05, 3.63) is 0 Å². The van der Waals surface area contributed by atoms with E-state index in [9.17, 15) is 8.76 Å². The summed E-state index contributed by atoms with van der Waals surface area (Å²) in [4.78, 5) is 0. The smallest absolute Gasteiger partial charge is 0.00646 e. The summed E-state index contributed by atoms with van der Waals surface area (Å²) in [6, 6.07) is 0. The van der Waals surface area contributed by atoms with E-state index in [1.807, 2.05) is 0 Å². The Morgan fingerprint density at radius 3 is 1.88 bits per heavy atom. The molecule has 50 valence electrons. The highest BCUT2D eigenvalue weighted by Gasteiger charge is 2.08. The summed E-state index contributed by atoms with van der Waals surface area (Å²) >= 11 is -1.78. The minimum Gasteiger partial charge on any atom is -0.772 e. The monoisotopic (exact) mass is 183 g/mol. The predicted molar refractivity (Wildman–Crippen MR) is 46.3 cm³/mol. The molecule has 0 spiro atoms. The maximum absolute atomic E-state index is 10.1. The van der Waals surface area contributed by atoms with Gasteiger partial charge in [-0.15, -0.1) is 0 Å². The summed E-state index contributed by atoms with van der Waals surface area (Å²) in [5.74, 6) is 0.428. The lowest BCUT2D eigenvalue weighted by Crippen LogP contribution is -2.20. The lowest BCUT2D eigenvalue weighted by atomic mass is 10.9. The molecule has 6 heteroatoms. The molecule has 0 aliphatic heterocycles. The van der Waals surface area contributed by atoms with E-state index in [-0.39, 0.29) is 0 Å². The summed E-state index contributed by atoms with van der Waals surface area (Å²) in [7, 11) is 3.17. The average Bonchev–Trinajstić information content (AvgIpc) is 1.21. The molecular formula is C2H11O2SSi3-. The van der Waals surface area contributed by atoms with E-state index in [0.717, 1.165) is 30.7 Å². The molecule has 0 aromatic carbocycles. The van der Waals surface area contributed by atoms with Crippen molar-refractivity contribution in [1.82, 2.24) is 0 Å². The fourth-order valence-corrected chi connectivity index (χ4v) is 3.18. The van der Waals surface area contributed by atoms with Crippen LogP contribution >= 0.6 is 0 Å². The molecule has 0 amide bonds. The number of hydrogen-bond acceptors (Lipinski definition) is 2. The second-order valence-electron chi connectivity index (χ2n) is 3.01. The molecule has 0 N–H and O–H groups in total. The molecule has 2 nitrogen and oxygen atoms in total. The predicted octanol–water partition coefficient (Wildman–Crippen LogP) is -3.96. The van der Waals surface area contributed by atoms with Gasteiger partial charge >= 0.3 is 0 Å². The third-order valence-electron chi connectivity index (χ3n) is 0.551. The van der Waals surface area contributed by atoms with Crippen LogP contribution in [0.1, 0.15) is 0 Å². The molecule has 0 bridgehead atoms. The van der Waals surface area contributed by atoms with Crippen molar-refractivity contribution in [2.45, 2.75) is 4.28 Å². The first-order chi connectivity index (χ1) is 3.42. The summed E-state index contributed by atoms with van der Waals surface area (Å²) in [5.41, 5.74) is 0. The summed E-state index contributed by atoms with van der Waals surface area (Å²) in [6.45, 7) is 0. The van der Waals surface area contributed by atoms with Crippen LogP contribution in [0.4, 0.5) is 0 Å². The number of hydrogen-bond donors (Lipinski definition) is 0. The third-order valence-corrected chi connectivity index (χ3v) is 4.25. The minimum atomic E-state index is -1.78. The van der Waals surface area contributed by atoms with E-state index in [2.05, 4.69) is 0 Å². The Morgan fingerprint density at radius 2 is 1.88 bits per heavy atom. The number of rotatable bonds is 2. The first kappa shape index (κ1) is 8.76. The molecular weight excluding hydrogens is 172 g/mol. The zero-order valence-electron chi connectivity index (χ0n) is 5.43. The molecule has 0 rings (SSSR count). The standard InChI is InChI=1S/C2H12O2SSi3/c3-5(4)1-2(6,7)8/h1H2,6-8H3,(H,3,4)/p-1. The van der Waals surface area contributed by atoms with Crippen molar-refractivity contribution in [2.75, 3.05) is 5.75 Å². The average molecular weight is 183 g/mol. The van der Waals surface area contributed by atoms with Gasteiger partial charge in [-0.3, -0.25) is 4.21 Å². The van der Waals surface area contributed by atoms with Crippen molar-refractivity contribution in [3.8, 4) is 0 Å². The molecule has 0 fully saturated rings. The van der Waals surface area contributed by atoms with Crippen LogP contribution in [0.5, 0.6) is 0 Å². The van der Waals surface area contributed by atoms with Crippen LogP contribution in [0.2, 0.25) is 4.28 Å². The molecule has 0 saturated heterocycles. The maximum atomic E-state index is 10.1. The van der Waals surface area contributed by atoms with E-state index in [1.165, 1.54) is 0 Å². The van der Waals surface area contributed by atoms with Crippen molar-refractivity contribution in [1.29, 1.82) is 0 Å². The molecule has 8 heavy (non-hydrogen) atoms. The van der Waals surface area contributed by atoms with E-state index >= 15 is 0 Å². The van der Waals surface area contributed by atoms with Gasteiger partial charge in [0.15, 0.2) is 0 Å². The Balaban J connectivity index is 3.55. The minimum absolute atomic E-state index is 0.326. The van der Waals surface area contributed by atoms with Crippen LogP contribution in [0.3, 0.4) is 0 Å². The van der Waals surface area contributed by atoms with Crippen LogP contribution in [0.15, 0.2) is 0 Å². The zero-order chi connectivity index (χ0) is 6.78. The molecule has 1 atom stereocenters. The largest absolute Gasteiger partial charge is 0.772 e. The van der Waals surface area contributed by atoms with E-state index in [0.29, 0.717) is 10.0 Å². The van der Waals surface area contributed by atoms with Gasteiger partial charge in [-0.05, 0) is 0 Å². The lowest BCUT2D eigenvalue weighted by molar-refractivity contribution is 0.537. The molecule has 0 aromatic heterocycles. The lowest BCUT2D eigenvalue weighted by Gasteiger charge is -2.18. The highest BCUT2D eigenvalue weighted by Crippen LogP contribution is 2.07. The molecule has 0 aliphatic carbocycles. The highest BCUT2D eigenvalue weighted by molar-refractivity contribution is 7.79. The quantitative estimate of drug-likeness (QED) is 0.324. The topological polar surface area (TPSA) is 40.1 Å². The third kappa shape index (κ3) is 6.76. The zero-order valence-corrected chi connectivity index (χ0v) is 12.2. The SMILES string of the molecule is O=S([O-])CC([SiH3])([SiH3])[SiH3]. The Hall–Kier alpha value is 0.761. The van der Waals surface area contributed by atoms with Gasteiger partial charge in [0.1, 0.15) is 0 Å². The van der Waals surface area contributed by atoms with Crippen LogP contribution in [-0.2, 0) is 11.1 Å². The van der Waals surface area contributed by atoms with Crippen LogP contribution in [-0.4, -0.2) is 45.2 Å². The fraction of sp³-hybridized carbons (Fsp3) is 1.00. The Morgan fingerprint density at radius 1 is 1.50 bits per heavy atom. The first-order valence-electron chi connectivity index (χ1n) is 2.48. The normalized spacial score (nSPS) is 23.1. The summed E-state index contributed by atoms with van der Waals surface area (Å²) in [6.07, 6.45) is 0. The molecule has 0 aliphatic rings. The van der Waals surface area contributed by atoms with Gasteiger partial charge in [0.25, 0.3) is 0 Å². The van der Waals surface area contributed by atoms with Gasteiger partial charge in [-0.1, -0.05) is 15.4 Å². The second kappa shape index (κ2) is 3.06. The van der Waals surface area contributed by atoms with E-state index in [4.69, 9.17) is 0 Å². The Bertz CT molecular complexity index is 97.9. The molecule has 0 saturated carbocycles. The molecule has 0 aromatic rings. The van der Waals surface area contributed by atoms with Gasteiger partial charge in [-0.25, -0.2) is 0 Å². The van der Waals surface area contributed by atoms with Gasteiger partial charge < -0.3 is 4.55 Å². The van der Waals surface area contributed by atoms with Crippen LogP contribution < -0.4 is 0 Å². The summed E-state index contributed by atoms with van der Waals surface area (Å²) < 4.78 is 20.5. The summed E-state index contributed by atoms with van der Waals surface area (Å²) in [5, 5.41) is 0. The van der Waals surface area contributed by atoms with Crippen molar-refractivity contribution < 1.29 is 8.76 Å². The Kier molecular flexibility index (Phi) is 3.35. The van der Waals surface area contributed by atoms with E-state index < -0.39 is 11.1 Å². The van der Waals surface area contributed by atoms with Gasteiger partial charge in [0, 0.05) is 36.5 Å². The fourth-order valence-electron chi connectivity index (χ4n) is 0.354. The molecule has 0 heterocycles. The highest BCUT2D eigenvalue weighted by atomic mass is 32.2. The van der Waals surface area contributed by atoms with Gasteiger partial charge in [0.2, 0.25) is 0 Å². The van der Waals surface area contributed by atoms with Gasteiger partial charge in [-0.2, -0.15) is 0 Å². The van der Waals surface area contributed by atoms with Gasteiger partial charge in [0.05, 0.1) is 0 Å². The maximum Gasteiger partial charge on any atom is 0.00646 e. The Labute approximate surface area is 61.0 Å². The van der Waals surface area contributed by atoms with Crippen LogP contribution in [0.25, 0.3) is 0 Å². The van der Waals surface area contributed by atoms with Crippen molar-refractivity contribution >= 4 is 41.8 Å². The van der Waals surface area contributed by atoms with Crippen LogP contribution in [0, 0.1) is 0 Å². The first-order valence-corrected chi connectivity index (χ1v) is 6.72. The van der Waals surface area contributed by atoms with Crippen molar-refractivity contribution in [2.24, 2.45) is 0 Å².